The standard InChI is InChI=1S/C17H29NO2/c1-17(2)9-5-7-13(11-17)18-14-8-4-3-6-12(14)10-15(18)16(19)20/h12-15H,3-11H2,1-2H3,(H,19,20). The number of aliphatic carboxylic acids is 1. The first-order valence-corrected chi connectivity index (χ1v) is 8.48. The molecule has 0 spiro atoms. The van der Waals surface area contributed by atoms with E-state index in [4.69, 9.17) is 0 Å². The van der Waals surface area contributed by atoms with Gasteiger partial charge in [-0.05, 0) is 49.9 Å². The van der Waals surface area contributed by atoms with Crippen LogP contribution >= 0.6 is 0 Å². The van der Waals surface area contributed by atoms with Gasteiger partial charge < -0.3 is 5.11 Å². The lowest BCUT2D eigenvalue weighted by atomic mass is 9.74. The lowest BCUT2D eigenvalue weighted by Crippen LogP contribution is -2.51. The van der Waals surface area contributed by atoms with E-state index in [0.29, 0.717) is 23.4 Å². The van der Waals surface area contributed by atoms with E-state index in [1.165, 1.54) is 51.4 Å². The average molecular weight is 279 g/mol. The van der Waals surface area contributed by atoms with Crippen molar-refractivity contribution >= 4 is 5.97 Å². The van der Waals surface area contributed by atoms with Crippen molar-refractivity contribution in [2.45, 2.75) is 89.8 Å². The molecule has 3 aliphatic rings. The minimum atomic E-state index is -0.581. The second-order valence-electron chi connectivity index (χ2n) is 8.06. The van der Waals surface area contributed by atoms with Crippen LogP contribution in [0.4, 0.5) is 0 Å². The Morgan fingerprint density at radius 1 is 1.15 bits per heavy atom. The Bertz CT molecular complexity index is 379. The summed E-state index contributed by atoms with van der Waals surface area (Å²) in [6, 6.07) is 0.860. The fourth-order valence-corrected chi connectivity index (χ4v) is 5.16. The summed E-state index contributed by atoms with van der Waals surface area (Å²) in [6.07, 6.45) is 10.9. The summed E-state index contributed by atoms with van der Waals surface area (Å²) in [7, 11) is 0. The quantitative estimate of drug-likeness (QED) is 0.838. The highest BCUT2D eigenvalue weighted by atomic mass is 16.4. The van der Waals surface area contributed by atoms with E-state index >= 15 is 0 Å². The largest absolute Gasteiger partial charge is 0.480 e. The topological polar surface area (TPSA) is 40.5 Å². The van der Waals surface area contributed by atoms with Crippen molar-refractivity contribution < 1.29 is 9.90 Å². The molecule has 3 nitrogen and oxygen atoms in total. The Morgan fingerprint density at radius 3 is 2.60 bits per heavy atom. The first-order chi connectivity index (χ1) is 9.48. The average Bonchev–Trinajstić information content (AvgIpc) is 2.77. The molecule has 1 aliphatic heterocycles. The van der Waals surface area contributed by atoms with E-state index in [0.717, 1.165) is 6.42 Å². The summed E-state index contributed by atoms with van der Waals surface area (Å²) < 4.78 is 0. The van der Waals surface area contributed by atoms with Crippen LogP contribution in [0.25, 0.3) is 0 Å². The lowest BCUT2D eigenvalue weighted by Gasteiger charge is -2.45. The molecule has 1 heterocycles. The zero-order valence-electron chi connectivity index (χ0n) is 13.0. The van der Waals surface area contributed by atoms with Crippen molar-refractivity contribution in [1.29, 1.82) is 0 Å². The van der Waals surface area contributed by atoms with Crippen molar-refractivity contribution in [3.05, 3.63) is 0 Å². The Hall–Kier alpha value is -0.570. The van der Waals surface area contributed by atoms with Gasteiger partial charge in [0.2, 0.25) is 0 Å². The first-order valence-electron chi connectivity index (χ1n) is 8.48. The molecular weight excluding hydrogens is 250 g/mol. The van der Waals surface area contributed by atoms with Crippen molar-refractivity contribution in [1.82, 2.24) is 4.90 Å². The second-order valence-corrected chi connectivity index (χ2v) is 8.06. The summed E-state index contributed by atoms with van der Waals surface area (Å²) in [6.45, 7) is 4.70. The molecule has 0 aromatic rings. The Balaban J connectivity index is 1.81. The summed E-state index contributed by atoms with van der Waals surface area (Å²) >= 11 is 0. The van der Waals surface area contributed by atoms with Gasteiger partial charge in [-0.1, -0.05) is 33.1 Å². The third-order valence-corrected chi connectivity index (χ3v) is 6.02. The third-order valence-electron chi connectivity index (χ3n) is 6.02. The van der Waals surface area contributed by atoms with Crippen molar-refractivity contribution in [3.8, 4) is 0 Å². The van der Waals surface area contributed by atoms with Gasteiger partial charge in [-0.2, -0.15) is 0 Å². The summed E-state index contributed by atoms with van der Waals surface area (Å²) in [5.41, 5.74) is 0.388. The Labute approximate surface area is 122 Å². The molecule has 0 radical (unpaired) electrons. The molecule has 0 aromatic carbocycles. The lowest BCUT2D eigenvalue weighted by molar-refractivity contribution is -0.144. The number of carboxylic acid groups (broad SMARTS) is 1. The van der Waals surface area contributed by atoms with Gasteiger partial charge >= 0.3 is 5.97 Å². The number of carbonyl (C=O) groups is 1. The third kappa shape index (κ3) is 2.61. The molecule has 4 unspecified atom stereocenters. The van der Waals surface area contributed by atoms with Crippen LogP contribution in [0.5, 0.6) is 0 Å². The van der Waals surface area contributed by atoms with Gasteiger partial charge in [0.05, 0.1) is 0 Å². The molecule has 0 amide bonds. The van der Waals surface area contributed by atoms with Crippen LogP contribution in [-0.4, -0.2) is 34.1 Å². The zero-order valence-corrected chi connectivity index (χ0v) is 13.0. The summed E-state index contributed by atoms with van der Waals surface area (Å²) in [5.74, 6) is 0.0673. The highest BCUT2D eigenvalue weighted by molar-refractivity contribution is 5.74. The van der Waals surface area contributed by atoms with Crippen molar-refractivity contribution in [2.75, 3.05) is 0 Å². The molecule has 2 aliphatic carbocycles. The maximum absolute atomic E-state index is 11.7. The van der Waals surface area contributed by atoms with E-state index in [1.54, 1.807) is 0 Å². The van der Waals surface area contributed by atoms with E-state index in [-0.39, 0.29) is 6.04 Å². The summed E-state index contributed by atoms with van der Waals surface area (Å²) in [4.78, 5) is 14.2. The fraction of sp³-hybridized carbons (Fsp3) is 0.941. The molecule has 3 heteroatoms. The van der Waals surface area contributed by atoms with Crippen molar-refractivity contribution in [2.24, 2.45) is 11.3 Å². The number of hydrogen-bond acceptors (Lipinski definition) is 2. The van der Waals surface area contributed by atoms with Crippen LogP contribution in [0.3, 0.4) is 0 Å². The monoisotopic (exact) mass is 279 g/mol. The number of rotatable bonds is 2. The molecule has 4 atom stereocenters. The van der Waals surface area contributed by atoms with Gasteiger partial charge in [0.1, 0.15) is 6.04 Å². The second kappa shape index (κ2) is 5.32. The van der Waals surface area contributed by atoms with Crippen LogP contribution in [0, 0.1) is 11.3 Å². The van der Waals surface area contributed by atoms with Crippen LogP contribution < -0.4 is 0 Å². The van der Waals surface area contributed by atoms with Gasteiger partial charge in [0.15, 0.2) is 0 Å². The van der Waals surface area contributed by atoms with Crippen LogP contribution in [0.15, 0.2) is 0 Å². The van der Waals surface area contributed by atoms with Crippen molar-refractivity contribution in [3.63, 3.8) is 0 Å². The van der Waals surface area contributed by atoms with Crippen LogP contribution in [-0.2, 0) is 4.79 Å². The fourth-order valence-electron chi connectivity index (χ4n) is 5.16. The molecule has 3 fully saturated rings. The predicted octanol–water partition coefficient (Wildman–Crippen LogP) is 3.67. The van der Waals surface area contributed by atoms with Crippen LogP contribution in [0.2, 0.25) is 0 Å². The number of hydrogen-bond donors (Lipinski definition) is 1. The van der Waals surface area contributed by atoms with E-state index in [2.05, 4.69) is 18.7 Å². The first kappa shape index (κ1) is 14.4. The zero-order chi connectivity index (χ0) is 14.3. The van der Waals surface area contributed by atoms with Gasteiger partial charge in [-0.3, -0.25) is 9.69 Å². The smallest absolute Gasteiger partial charge is 0.320 e. The molecular formula is C17H29NO2. The molecule has 1 saturated heterocycles. The number of carboxylic acids is 1. The molecule has 114 valence electrons. The number of nitrogens with zero attached hydrogens (tertiary/aromatic N) is 1. The Kier molecular flexibility index (Phi) is 3.83. The number of fused-ring (bicyclic) bond motifs is 1. The predicted molar refractivity (Wildman–Crippen MR) is 79.7 cm³/mol. The molecule has 0 bridgehead atoms. The normalized spacial score (nSPS) is 41.3. The number of likely N-dealkylation sites (tertiary alicyclic amines) is 1. The van der Waals surface area contributed by atoms with E-state index < -0.39 is 5.97 Å². The minimum absolute atomic E-state index is 0.206. The van der Waals surface area contributed by atoms with Gasteiger partial charge in [-0.25, -0.2) is 0 Å². The van der Waals surface area contributed by atoms with Gasteiger partial charge in [-0.15, -0.1) is 0 Å². The highest BCUT2D eigenvalue weighted by Crippen LogP contribution is 2.46. The molecule has 20 heavy (non-hydrogen) atoms. The van der Waals surface area contributed by atoms with Gasteiger partial charge in [0, 0.05) is 12.1 Å². The maximum atomic E-state index is 11.7. The Morgan fingerprint density at radius 2 is 1.90 bits per heavy atom. The van der Waals surface area contributed by atoms with Crippen LogP contribution in [0.1, 0.15) is 71.6 Å². The van der Waals surface area contributed by atoms with Gasteiger partial charge in [0.25, 0.3) is 0 Å². The highest BCUT2D eigenvalue weighted by Gasteiger charge is 2.49. The maximum Gasteiger partial charge on any atom is 0.320 e. The SMILES string of the molecule is CC1(C)CCCC(N2C(C(=O)O)CC3CCCCC32)C1. The molecule has 2 saturated carbocycles. The van der Waals surface area contributed by atoms with E-state index in [9.17, 15) is 9.90 Å². The molecule has 0 aromatic heterocycles. The van der Waals surface area contributed by atoms with E-state index in [1.807, 2.05) is 0 Å². The summed E-state index contributed by atoms with van der Waals surface area (Å²) in [5, 5.41) is 9.65. The molecule has 1 N–H and O–H groups in total. The molecule has 3 rings (SSSR count). The minimum Gasteiger partial charge on any atom is -0.480 e.